The van der Waals surface area contributed by atoms with E-state index in [0.29, 0.717) is 5.69 Å². The van der Waals surface area contributed by atoms with Gasteiger partial charge in [0.25, 0.3) is 5.69 Å². The van der Waals surface area contributed by atoms with E-state index in [1.54, 1.807) is 13.0 Å². The Balaban J connectivity index is 2.43. The van der Waals surface area contributed by atoms with Gasteiger partial charge in [-0.3, -0.25) is 25.0 Å². The van der Waals surface area contributed by atoms with Gasteiger partial charge >= 0.3 is 0 Å². The summed E-state index contributed by atoms with van der Waals surface area (Å²) in [7, 11) is 0. The van der Waals surface area contributed by atoms with Gasteiger partial charge in [-0.1, -0.05) is 0 Å². The number of nitrogens with zero attached hydrogens (tertiary/aromatic N) is 3. The molecule has 20 heavy (non-hydrogen) atoms. The Labute approximate surface area is 113 Å². The molecule has 1 fully saturated rings. The maximum Gasteiger partial charge on any atom is 0.287 e. The monoisotopic (exact) mass is 274 g/mol. The minimum absolute atomic E-state index is 0.0460. The summed E-state index contributed by atoms with van der Waals surface area (Å²) >= 11 is 0. The van der Waals surface area contributed by atoms with E-state index in [9.17, 15) is 19.7 Å². The molecule has 1 aromatic carbocycles. The number of nitriles is 1. The number of nitrogens with one attached hydrogen (secondary N) is 1. The average Bonchev–Trinajstić information content (AvgIpc) is 2.41. The molecular formula is C12H10N4O4. The van der Waals surface area contributed by atoms with Gasteiger partial charge in [-0.05, 0) is 19.1 Å². The van der Waals surface area contributed by atoms with Crippen molar-refractivity contribution >= 4 is 23.2 Å². The summed E-state index contributed by atoms with van der Waals surface area (Å²) in [4.78, 5) is 34.6. The van der Waals surface area contributed by atoms with Crippen LogP contribution in [0.15, 0.2) is 18.2 Å². The van der Waals surface area contributed by atoms with Crippen molar-refractivity contribution in [3.8, 4) is 6.07 Å². The van der Waals surface area contributed by atoms with Gasteiger partial charge in [0.15, 0.2) is 0 Å². The summed E-state index contributed by atoms with van der Waals surface area (Å²) in [6.45, 7) is 1.56. The van der Waals surface area contributed by atoms with Crippen LogP contribution in [-0.2, 0) is 9.59 Å². The number of anilines is 1. The fourth-order valence-corrected chi connectivity index (χ4v) is 1.98. The number of nitro groups is 1. The fraction of sp³-hybridized carbons (Fsp3) is 0.250. The summed E-state index contributed by atoms with van der Waals surface area (Å²) in [5.74, 6) is -0.900. The Bertz CT molecular complexity index is 649. The van der Waals surface area contributed by atoms with Gasteiger partial charge in [-0.15, -0.1) is 0 Å². The summed E-state index contributed by atoms with van der Waals surface area (Å²) in [5.41, 5.74) is -0.00216. The molecule has 1 aromatic rings. The number of carbonyl (C=O) groups excluding carboxylic acids is 2. The molecular weight excluding hydrogens is 264 g/mol. The van der Waals surface area contributed by atoms with Crippen molar-refractivity contribution < 1.29 is 14.5 Å². The summed E-state index contributed by atoms with van der Waals surface area (Å²) in [6, 6.07) is 5.06. The minimum atomic E-state index is -0.653. The van der Waals surface area contributed by atoms with Crippen LogP contribution in [0.1, 0.15) is 12.5 Å². The third-order valence-corrected chi connectivity index (χ3v) is 3.05. The van der Waals surface area contributed by atoms with Gasteiger partial charge < -0.3 is 4.90 Å². The van der Waals surface area contributed by atoms with E-state index in [2.05, 4.69) is 5.32 Å². The van der Waals surface area contributed by atoms with Gasteiger partial charge in [0.05, 0.1) is 11.5 Å². The van der Waals surface area contributed by atoms with E-state index in [1.807, 2.05) is 0 Å². The second kappa shape index (κ2) is 4.97. The van der Waals surface area contributed by atoms with Crippen LogP contribution in [-0.4, -0.2) is 29.3 Å². The highest BCUT2D eigenvalue weighted by Crippen LogP contribution is 2.26. The smallest absolute Gasteiger partial charge is 0.287 e. The molecule has 102 valence electrons. The van der Waals surface area contributed by atoms with Crippen LogP contribution in [0.4, 0.5) is 11.4 Å². The molecule has 1 saturated heterocycles. The maximum absolute atomic E-state index is 11.6. The number of benzene rings is 1. The topological polar surface area (TPSA) is 116 Å². The van der Waals surface area contributed by atoms with Gasteiger partial charge in [-0.2, -0.15) is 5.26 Å². The maximum atomic E-state index is 11.6. The normalized spacial score (nSPS) is 18.4. The Kier molecular flexibility index (Phi) is 3.35. The van der Waals surface area contributed by atoms with Gasteiger partial charge in [0.1, 0.15) is 17.7 Å². The zero-order valence-electron chi connectivity index (χ0n) is 10.5. The molecule has 1 aliphatic rings. The number of hydrogen-bond donors (Lipinski definition) is 1. The highest BCUT2D eigenvalue weighted by molar-refractivity contribution is 6.04. The number of amides is 2. The van der Waals surface area contributed by atoms with Gasteiger partial charge in [0, 0.05) is 11.8 Å². The van der Waals surface area contributed by atoms with Crippen LogP contribution >= 0.6 is 0 Å². The van der Waals surface area contributed by atoms with Crippen LogP contribution < -0.4 is 10.2 Å². The first-order valence-electron chi connectivity index (χ1n) is 5.73. The quantitative estimate of drug-likeness (QED) is 0.471. The van der Waals surface area contributed by atoms with E-state index in [4.69, 9.17) is 5.26 Å². The largest absolute Gasteiger partial charge is 0.350 e. The summed E-state index contributed by atoms with van der Waals surface area (Å²) < 4.78 is 0. The first-order valence-corrected chi connectivity index (χ1v) is 5.73. The molecule has 0 spiro atoms. The molecule has 0 aromatic heterocycles. The third kappa shape index (κ3) is 2.29. The Morgan fingerprint density at radius 1 is 1.50 bits per heavy atom. The highest BCUT2D eigenvalue weighted by atomic mass is 16.6. The lowest BCUT2D eigenvalue weighted by Gasteiger charge is -2.33. The molecule has 1 unspecified atom stereocenters. The van der Waals surface area contributed by atoms with E-state index in [-0.39, 0.29) is 17.8 Å². The SMILES string of the molecule is CC1C(=O)NC(=O)CN1c1ccc([N+](=O)[O-])c(C#N)c1. The first-order chi connectivity index (χ1) is 9.43. The Morgan fingerprint density at radius 3 is 2.80 bits per heavy atom. The van der Waals surface area contributed by atoms with E-state index < -0.39 is 22.8 Å². The molecule has 2 rings (SSSR count). The van der Waals surface area contributed by atoms with Crippen molar-refractivity contribution in [1.82, 2.24) is 5.32 Å². The number of hydrogen-bond acceptors (Lipinski definition) is 6. The molecule has 8 nitrogen and oxygen atoms in total. The minimum Gasteiger partial charge on any atom is -0.350 e. The summed E-state index contributed by atoms with van der Waals surface area (Å²) in [5, 5.41) is 21.9. The number of nitro benzene ring substituents is 1. The molecule has 2 amide bonds. The van der Waals surface area contributed by atoms with E-state index in [0.717, 1.165) is 0 Å². The van der Waals surface area contributed by atoms with Crippen molar-refractivity contribution in [2.75, 3.05) is 11.4 Å². The van der Waals surface area contributed by atoms with Crippen LogP contribution in [0.2, 0.25) is 0 Å². The number of imide groups is 1. The number of rotatable bonds is 2. The predicted molar refractivity (Wildman–Crippen MR) is 67.8 cm³/mol. The second-order valence-corrected chi connectivity index (χ2v) is 4.29. The van der Waals surface area contributed by atoms with Crippen molar-refractivity contribution in [1.29, 1.82) is 5.26 Å². The third-order valence-electron chi connectivity index (χ3n) is 3.05. The lowest BCUT2D eigenvalue weighted by atomic mass is 10.1. The van der Waals surface area contributed by atoms with Crippen LogP contribution in [0.25, 0.3) is 0 Å². The molecule has 1 atom stereocenters. The summed E-state index contributed by atoms with van der Waals surface area (Å²) in [6.07, 6.45) is 0. The van der Waals surface area contributed by atoms with Crippen molar-refractivity contribution in [2.45, 2.75) is 13.0 Å². The molecule has 0 radical (unpaired) electrons. The van der Waals surface area contributed by atoms with Crippen molar-refractivity contribution in [3.05, 3.63) is 33.9 Å². The van der Waals surface area contributed by atoms with Crippen LogP contribution in [0.5, 0.6) is 0 Å². The number of piperazine rings is 1. The Morgan fingerprint density at radius 2 is 2.20 bits per heavy atom. The predicted octanol–water partition coefficient (Wildman–Crippen LogP) is 0.318. The average molecular weight is 274 g/mol. The molecule has 1 N–H and O–H groups in total. The van der Waals surface area contributed by atoms with Gasteiger partial charge in [-0.25, -0.2) is 0 Å². The molecule has 0 bridgehead atoms. The van der Waals surface area contributed by atoms with Crippen molar-refractivity contribution in [3.63, 3.8) is 0 Å². The zero-order valence-corrected chi connectivity index (χ0v) is 10.5. The Hall–Kier alpha value is -2.95. The van der Waals surface area contributed by atoms with E-state index in [1.165, 1.54) is 23.1 Å². The van der Waals surface area contributed by atoms with Gasteiger partial charge in [0.2, 0.25) is 11.8 Å². The van der Waals surface area contributed by atoms with Crippen LogP contribution in [0.3, 0.4) is 0 Å². The standard InChI is InChI=1S/C12H10N4O4/c1-7-12(18)14-11(17)6-15(7)9-2-3-10(16(19)20)8(4-9)5-13/h2-4,7H,6H2,1H3,(H,14,17,18). The molecule has 8 heteroatoms. The number of carbonyl (C=O) groups is 2. The fourth-order valence-electron chi connectivity index (χ4n) is 1.98. The van der Waals surface area contributed by atoms with Crippen molar-refractivity contribution in [2.24, 2.45) is 0 Å². The molecule has 0 saturated carbocycles. The van der Waals surface area contributed by atoms with Crippen LogP contribution in [0, 0.1) is 21.4 Å². The highest BCUT2D eigenvalue weighted by Gasteiger charge is 2.31. The molecule has 1 heterocycles. The molecule has 0 aliphatic carbocycles. The zero-order chi connectivity index (χ0) is 14.9. The first kappa shape index (κ1) is 13.5. The second-order valence-electron chi connectivity index (χ2n) is 4.29. The lowest BCUT2D eigenvalue weighted by Crippen LogP contribution is -2.57. The van der Waals surface area contributed by atoms with E-state index >= 15 is 0 Å². The lowest BCUT2D eigenvalue weighted by molar-refractivity contribution is -0.385. The molecule has 1 aliphatic heterocycles.